The molecule has 0 saturated heterocycles. The molecule has 0 fully saturated rings. The van der Waals surface area contributed by atoms with Gasteiger partial charge in [0.15, 0.2) is 0 Å². The van der Waals surface area contributed by atoms with Gasteiger partial charge >= 0.3 is 0 Å². The normalized spacial score (nSPS) is 12.9. The van der Waals surface area contributed by atoms with Crippen molar-refractivity contribution in [3.05, 3.63) is 43.2 Å². The zero-order valence-corrected chi connectivity index (χ0v) is 12.3. The van der Waals surface area contributed by atoms with Gasteiger partial charge in [-0.1, -0.05) is 6.92 Å². The standard InChI is InChI=1S/C12H14BrNS2/c1-9(10-2-3-15-7-10)5-14-6-12-4-11(13)8-16-12/h2-4,7-9,14H,5-6H2,1H3. The number of nitrogens with one attached hydrogen (secondary N) is 1. The molecule has 0 amide bonds. The summed E-state index contributed by atoms with van der Waals surface area (Å²) in [5, 5.41) is 9.99. The van der Waals surface area contributed by atoms with Gasteiger partial charge in [-0.25, -0.2) is 0 Å². The largest absolute Gasteiger partial charge is 0.311 e. The molecule has 0 radical (unpaired) electrons. The molecule has 1 atom stereocenters. The van der Waals surface area contributed by atoms with Gasteiger partial charge in [-0.05, 0) is 50.3 Å². The minimum absolute atomic E-state index is 0.592. The van der Waals surface area contributed by atoms with Gasteiger partial charge in [-0.15, -0.1) is 11.3 Å². The Morgan fingerprint density at radius 2 is 2.31 bits per heavy atom. The van der Waals surface area contributed by atoms with Gasteiger partial charge in [0.1, 0.15) is 0 Å². The molecule has 16 heavy (non-hydrogen) atoms. The Morgan fingerprint density at radius 3 is 2.94 bits per heavy atom. The molecule has 86 valence electrons. The number of halogens is 1. The lowest BCUT2D eigenvalue weighted by molar-refractivity contribution is 0.620. The minimum atomic E-state index is 0.592. The average molecular weight is 316 g/mol. The SMILES string of the molecule is CC(CNCc1cc(Br)cs1)c1ccsc1. The van der Waals surface area contributed by atoms with Gasteiger partial charge in [-0.3, -0.25) is 0 Å². The Bertz CT molecular complexity index is 422. The van der Waals surface area contributed by atoms with Gasteiger partial charge in [0.2, 0.25) is 0 Å². The lowest BCUT2D eigenvalue weighted by atomic mass is 10.1. The summed E-state index contributed by atoms with van der Waals surface area (Å²) in [6.07, 6.45) is 0. The lowest BCUT2D eigenvalue weighted by Crippen LogP contribution is -2.18. The molecule has 1 nitrogen and oxygen atoms in total. The molecule has 4 heteroatoms. The van der Waals surface area contributed by atoms with Gasteiger partial charge < -0.3 is 5.32 Å². The second kappa shape index (κ2) is 5.96. The maximum absolute atomic E-state index is 3.50. The maximum atomic E-state index is 3.50. The summed E-state index contributed by atoms with van der Waals surface area (Å²) in [5.74, 6) is 0.592. The molecule has 0 aliphatic heterocycles. The van der Waals surface area contributed by atoms with E-state index in [9.17, 15) is 0 Å². The first-order valence-corrected chi connectivity index (χ1v) is 7.83. The van der Waals surface area contributed by atoms with E-state index in [0.717, 1.165) is 13.1 Å². The molecule has 2 rings (SSSR count). The first kappa shape index (κ1) is 12.3. The zero-order valence-electron chi connectivity index (χ0n) is 9.07. The van der Waals surface area contributed by atoms with E-state index in [1.165, 1.54) is 14.9 Å². The van der Waals surface area contributed by atoms with Crippen LogP contribution in [0.1, 0.15) is 23.3 Å². The van der Waals surface area contributed by atoms with Crippen molar-refractivity contribution < 1.29 is 0 Å². The van der Waals surface area contributed by atoms with Crippen LogP contribution < -0.4 is 5.32 Å². The van der Waals surface area contributed by atoms with Crippen LogP contribution in [0.5, 0.6) is 0 Å². The molecule has 1 unspecified atom stereocenters. The first-order valence-electron chi connectivity index (χ1n) is 5.21. The molecule has 0 aliphatic carbocycles. The van der Waals surface area contributed by atoms with Crippen molar-refractivity contribution in [1.82, 2.24) is 5.32 Å². The molecule has 1 N–H and O–H groups in total. The fourth-order valence-corrected chi connectivity index (χ4v) is 3.73. The van der Waals surface area contributed by atoms with E-state index in [0.29, 0.717) is 5.92 Å². The molecule has 2 aromatic heterocycles. The first-order chi connectivity index (χ1) is 7.75. The van der Waals surface area contributed by atoms with E-state index in [1.807, 2.05) is 0 Å². The molecular weight excluding hydrogens is 302 g/mol. The maximum Gasteiger partial charge on any atom is 0.0300 e. The van der Waals surface area contributed by atoms with E-state index in [-0.39, 0.29) is 0 Å². The smallest absolute Gasteiger partial charge is 0.0300 e. The van der Waals surface area contributed by atoms with Gasteiger partial charge in [0.05, 0.1) is 0 Å². The number of rotatable bonds is 5. The van der Waals surface area contributed by atoms with Crippen LogP contribution in [0.2, 0.25) is 0 Å². The van der Waals surface area contributed by atoms with Crippen LogP contribution in [0.15, 0.2) is 32.7 Å². The Morgan fingerprint density at radius 1 is 1.44 bits per heavy atom. The van der Waals surface area contributed by atoms with E-state index < -0.39 is 0 Å². The van der Waals surface area contributed by atoms with Crippen molar-refractivity contribution in [3.63, 3.8) is 0 Å². The Labute approximate surface area is 113 Å². The van der Waals surface area contributed by atoms with Crippen molar-refractivity contribution >= 4 is 38.6 Å². The van der Waals surface area contributed by atoms with Crippen LogP contribution in [0.4, 0.5) is 0 Å². The number of hydrogen-bond acceptors (Lipinski definition) is 3. The summed E-state index contributed by atoms with van der Waals surface area (Å²) in [6, 6.07) is 4.38. The monoisotopic (exact) mass is 315 g/mol. The lowest BCUT2D eigenvalue weighted by Gasteiger charge is -2.10. The molecule has 2 heterocycles. The van der Waals surface area contributed by atoms with Crippen LogP contribution in [-0.4, -0.2) is 6.54 Å². The van der Waals surface area contributed by atoms with Crippen molar-refractivity contribution in [2.24, 2.45) is 0 Å². The molecule has 0 aliphatic rings. The van der Waals surface area contributed by atoms with Crippen molar-refractivity contribution in [1.29, 1.82) is 0 Å². The van der Waals surface area contributed by atoms with Crippen molar-refractivity contribution in [2.45, 2.75) is 19.4 Å². The predicted molar refractivity (Wildman–Crippen MR) is 76.5 cm³/mol. The summed E-state index contributed by atoms with van der Waals surface area (Å²) in [7, 11) is 0. The van der Waals surface area contributed by atoms with E-state index in [2.05, 4.69) is 56.4 Å². The summed E-state index contributed by atoms with van der Waals surface area (Å²) < 4.78 is 1.18. The molecule has 2 aromatic rings. The summed E-state index contributed by atoms with van der Waals surface area (Å²) in [5.41, 5.74) is 1.44. The van der Waals surface area contributed by atoms with Crippen LogP contribution >= 0.6 is 38.6 Å². The van der Waals surface area contributed by atoms with Crippen LogP contribution in [-0.2, 0) is 6.54 Å². The zero-order chi connectivity index (χ0) is 11.4. The van der Waals surface area contributed by atoms with Crippen molar-refractivity contribution in [2.75, 3.05) is 6.54 Å². The molecule has 0 spiro atoms. The topological polar surface area (TPSA) is 12.0 Å². The van der Waals surface area contributed by atoms with Crippen LogP contribution in [0.25, 0.3) is 0 Å². The highest BCUT2D eigenvalue weighted by molar-refractivity contribution is 9.10. The van der Waals surface area contributed by atoms with Gasteiger partial charge in [-0.2, -0.15) is 11.3 Å². The predicted octanol–water partition coefficient (Wildman–Crippen LogP) is 4.47. The second-order valence-corrected chi connectivity index (χ2v) is 6.51. The summed E-state index contributed by atoms with van der Waals surface area (Å²) in [4.78, 5) is 1.38. The Balaban J connectivity index is 1.76. The number of thiophene rings is 2. The average Bonchev–Trinajstić information content (AvgIpc) is 2.89. The van der Waals surface area contributed by atoms with Gasteiger partial charge in [0.25, 0.3) is 0 Å². The highest BCUT2D eigenvalue weighted by Crippen LogP contribution is 2.20. The fourth-order valence-electron chi connectivity index (χ4n) is 1.53. The third kappa shape index (κ3) is 3.42. The summed E-state index contributed by atoms with van der Waals surface area (Å²) in [6.45, 7) is 4.26. The molecule has 0 saturated carbocycles. The summed E-state index contributed by atoms with van der Waals surface area (Å²) >= 11 is 7.03. The van der Waals surface area contributed by atoms with Crippen LogP contribution in [0.3, 0.4) is 0 Å². The molecule has 0 bridgehead atoms. The molecular formula is C12H14BrNS2. The second-order valence-electron chi connectivity index (χ2n) is 3.82. The minimum Gasteiger partial charge on any atom is -0.311 e. The fraction of sp³-hybridized carbons (Fsp3) is 0.333. The van der Waals surface area contributed by atoms with Crippen molar-refractivity contribution in [3.8, 4) is 0 Å². The quantitative estimate of drug-likeness (QED) is 0.858. The molecule has 0 aromatic carbocycles. The third-order valence-corrected chi connectivity index (χ3v) is 4.88. The third-order valence-electron chi connectivity index (χ3n) is 2.48. The van der Waals surface area contributed by atoms with E-state index in [4.69, 9.17) is 0 Å². The highest BCUT2D eigenvalue weighted by Gasteiger charge is 2.05. The van der Waals surface area contributed by atoms with Gasteiger partial charge in [0, 0.05) is 27.8 Å². The van der Waals surface area contributed by atoms with E-state index >= 15 is 0 Å². The highest BCUT2D eigenvalue weighted by atomic mass is 79.9. The Hall–Kier alpha value is -0.160. The number of hydrogen-bond donors (Lipinski definition) is 1. The van der Waals surface area contributed by atoms with E-state index in [1.54, 1.807) is 22.7 Å². The van der Waals surface area contributed by atoms with Crippen LogP contribution in [0, 0.1) is 0 Å². The Kier molecular flexibility index (Phi) is 4.58.